The van der Waals surface area contributed by atoms with Crippen molar-refractivity contribution in [1.82, 2.24) is 4.98 Å². The maximum atomic E-state index is 10.3. The maximum Gasteiger partial charge on any atom is 0.0794 e. The van der Waals surface area contributed by atoms with Crippen LogP contribution in [0.5, 0.6) is 0 Å². The van der Waals surface area contributed by atoms with E-state index in [2.05, 4.69) is 18.8 Å². The summed E-state index contributed by atoms with van der Waals surface area (Å²) in [4.78, 5) is 5.21. The van der Waals surface area contributed by atoms with Crippen LogP contribution in [0.1, 0.15) is 32.1 Å². The van der Waals surface area contributed by atoms with E-state index in [1.165, 1.54) is 4.88 Å². The van der Waals surface area contributed by atoms with Crippen LogP contribution in [0.4, 0.5) is 0 Å². The summed E-state index contributed by atoms with van der Waals surface area (Å²) in [6.45, 7) is 6.39. The Kier molecular flexibility index (Phi) is 2.20. The number of aromatic nitrogens is 1. The van der Waals surface area contributed by atoms with Crippen molar-refractivity contribution in [2.45, 2.75) is 39.2 Å². The third-order valence-electron chi connectivity index (χ3n) is 3.28. The lowest BCUT2D eigenvalue weighted by molar-refractivity contribution is 0.0261. The van der Waals surface area contributed by atoms with Crippen LogP contribution in [0.15, 0.2) is 11.7 Å². The van der Waals surface area contributed by atoms with E-state index in [4.69, 9.17) is 0 Å². The van der Waals surface area contributed by atoms with Crippen molar-refractivity contribution in [2.24, 2.45) is 11.3 Å². The second-order valence-corrected chi connectivity index (χ2v) is 6.22. The molecule has 3 heteroatoms. The molecule has 1 aliphatic rings. The first-order valence-electron chi connectivity index (χ1n) is 5.01. The zero-order valence-electron chi connectivity index (χ0n) is 8.95. The van der Waals surface area contributed by atoms with Crippen LogP contribution in [-0.4, -0.2) is 15.7 Å². The van der Waals surface area contributed by atoms with Gasteiger partial charge in [0.2, 0.25) is 0 Å². The van der Waals surface area contributed by atoms with E-state index in [1.807, 2.05) is 18.6 Å². The summed E-state index contributed by atoms with van der Waals surface area (Å²) in [6, 6.07) is 0. The maximum absolute atomic E-state index is 10.3. The minimum atomic E-state index is -0.559. The van der Waals surface area contributed by atoms with Gasteiger partial charge in [0.05, 0.1) is 11.1 Å². The molecule has 78 valence electrons. The minimum Gasteiger partial charge on any atom is -0.389 e. The molecule has 0 spiro atoms. The van der Waals surface area contributed by atoms with Gasteiger partial charge >= 0.3 is 0 Å². The Morgan fingerprint density at radius 2 is 2.36 bits per heavy atom. The Morgan fingerprint density at radius 3 is 2.79 bits per heavy atom. The van der Waals surface area contributed by atoms with Crippen LogP contribution in [0.3, 0.4) is 0 Å². The molecule has 1 aromatic rings. The van der Waals surface area contributed by atoms with Gasteiger partial charge in [0, 0.05) is 17.5 Å². The van der Waals surface area contributed by atoms with Crippen molar-refractivity contribution in [3.05, 3.63) is 16.6 Å². The molecule has 1 aliphatic carbocycles. The van der Waals surface area contributed by atoms with Gasteiger partial charge in [-0.2, -0.15) is 0 Å². The molecule has 2 atom stereocenters. The van der Waals surface area contributed by atoms with Crippen LogP contribution in [-0.2, 0) is 6.42 Å². The monoisotopic (exact) mass is 211 g/mol. The Balaban J connectivity index is 2.04. The predicted octanol–water partition coefficient (Wildman–Crippen LogP) is 2.48. The highest BCUT2D eigenvalue weighted by molar-refractivity contribution is 7.09. The molecule has 2 unspecified atom stereocenters. The third kappa shape index (κ3) is 1.84. The van der Waals surface area contributed by atoms with E-state index >= 15 is 0 Å². The van der Waals surface area contributed by atoms with Gasteiger partial charge in [-0.05, 0) is 24.7 Å². The summed E-state index contributed by atoms with van der Waals surface area (Å²) in [5.41, 5.74) is 1.59. The van der Waals surface area contributed by atoms with Gasteiger partial charge in [0.15, 0.2) is 0 Å². The molecule has 0 bridgehead atoms. The number of rotatable bonds is 3. The van der Waals surface area contributed by atoms with Gasteiger partial charge in [0.25, 0.3) is 0 Å². The van der Waals surface area contributed by atoms with E-state index in [-0.39, 0.29) is 0 Å². The lowest BCUT2D eigenvalue weighted by atomic mass is 9.91. The zero-order chi connectivity index (χ0) is 10.4. The van der Waals surface area contributed by atoms with Gasteiger partial charge < -0.3 is 5.11 Å². The van der Waals surface area contributed by atoms with E-state index in [0.29, 0.717) is 11.3 Å². The smallest absolute Gasteiger partial charge is 0.0794 e. The molecule has 0 saturated heterocycles. The zero-order valence-corrected chi connectivity index (χ0v) is 9.77. The van der Waals surface area contributed by atoms with Gasteiger partial charge in [-0.3, -0.25) is 4.98 Å². The lowest BCUT2D eigenvalue weighted by Crippen LogP contribution is -2.31. The molecule has 1 aromatic heterocycles. The standard InChI is InChI=1S/C11H17NOS/c1-10(2)5-9(10)11(3,13)4-8-6-12-7-14-8/h6-7,9,13H,4-5H2,1-3H3. The second kappa shape index (κ2) is 3.04. The average Bonchev–Trinajstić information content (AvgIpc) is 2.50. The first kappa shape index (κ1) is 10.1. The van der Waals surface area contributed by atoms with Crippen LogP contribution in [0, 0.1) is 11.3 Å². The highest BCUT2D eigenvalue weighted by Crippen LogP contribution is 2.57. The summed E-state index contributed by atoms with van der Waals surface area (Å²) >= 11 is 1.62. The van der Waals surface area contributed by atoms with Crippen LogP contribution >= 0.6 is 11.3 Å². The summed E-state index contributed by atoms with van der Waals surface area (Å²) in [5.74, 6) is 0.442. The largest absolute Gasteiger partial charge is 0.389 e. The quantitative estimate of drug-likeness (QED) is 0.833. The Bertz CT molecular complexity index is 316. The predicted molar refractivity (Wildman–Crippen MR) is 58.3 cm³/mol. The number of nitrogens with zero attached hydrogens (tertiary/aromatic N) is 1. The van der Waals surface area contributed by atoms with Crippen molar-refractivity contribution in [1.29, 1.82) is 0 Å². The van der Waals surface area contributed by atoms with Crippen molar-refractivity contribution < 1.29 is 5.11 Å². The lowest BCUT2D eigenvalue weighted by Gasteiger charge is -2.24. The number of hydrogen-bond donors (Lipinski definition) is 1. The van der Waals surface area contributed by atoms with Gasteiger partial charge in [-0.15, -0.1) is 11.3 Å². The molecule has 1 fully saturated rings. The average molecular weight is 211 g/mol. The molecule has 2 nitrogen and oxygen atoms in total. The molecule has 14 heavy (non-hydrogen) atoms. The van der Waals surface area contributed by atoms with Crippen LogP contribution in [0.2, 0.25) is 0 Å². The Labute approximate surface area is 89.0 Å². The number of aliphatic hydroxyl groups is 1. The molecule has 0 radical (unpaired) electrons. The Morgan fingerprint density at radius 1 is 1.71 bits per heavy atom. The fraction of sp³-hybridized carbons (Fsp3) is 0.727. The van der Waals surface area contributed by atoms with Gasteiger partial charge in [-0.25, -0.2) is 0 Å². The Hall–Kier alpha value is -0.410. The first-order chi connectivity index (χ1) is 6.42. The molecule has 0 aromatic carbocycles. The van der Waals surface area contributed by atoms with Gasteiger partial charge in [0.1, 0.15) is 0 Å². The van der Waals surface area contributed by atoms with Crippen molar-refractivity contribution >= 4 is 11.3 Å². The normalized spacial score (nSPS) is 28.4. The SMILES string of the molecule is CC1(C)CC1C(C)(O)Cc1cncs1. The fourth-order valence-corrected chi connectivity index (χ4v) is 3.09. The highest BCUT2D eigenvalue weighted by atomic mass is 32.1. The summed E-state index contributed by atoms with van der Waals surface area (Å²) in [5, 5.41) is 10.3. The van der Waals surface area contributed by atoms with Gasteiger partial charge in [-0.1, -0.05) is 13.8 Å². The van der Waals surface area contributed by atoms with Crippen molar-refractivity contribution in [3.8, 4) is 0 Å². The molecule has 1 N–H and O–H groups in total. The van der Waals surface area contributed by atoms with E-state index in [1.54, 1.807) is 11.3 Å². The van der Waals surface area contributed by atoms with Crippen molar-refractivity contribution in [2.75, 3.05) is 0 Å². The number of hydrogen-bond acceptors (Lipinski definition) is 3. The van der Waals surface area contributed by atoms with Crippen LogP contribution in [0.25, 0.3) is 0 Å². The topological polar surface area (TPSA) is 33.1 Å². The summed E-state index contributed by atoms with van der Waals surface area (Å²) in [7, 11) is 0. The molecular weight excluding hydrogens is 194 g/mol. The third-order valence-corrected chi connectivity index (χ3v) is 4.06. The fourth-order valence-electron chi connectivity index (χ4n) is 2.33. The first-order valence-corrected chi connectivity index (χ1v) is 5.89. The van der Waals surface area contributed by atoms with Crippen molar-refractivity contribution in [3.63, 3.8) is 0 Å². The molecule has 0 amide bonds. The van der Waals surface area contributed by atoms with E-state index in [0.717, 1.165) is 12.8 Å². The summed E-state index contributed by atoms with van der Waals surface area (Å²) in [6.07, 6.45) is 3.74. The molecule has 0 aliphatic heterocycles. The van der Waals surface area contributed by atoms with E-state index in [9.17, 15) is 5.11 Å². The molecule has 1 heterocycles. The van der Waals surface area contributed by atoms with E-state index < -0.39 is 5.60 Å². The number of thiazole rings is 1. The molecule has 2 rings (SSSR count). The van der Waals surface area contributed by atoms with Crippen LogP contribution < -0.4 is 0 Å². The molecular formula is C11H17NOS. The molecule has 1 saturated carbocycles. The minimum absolute atomic E-state index is 0.328. The highest BCUT2D eigenvalue weighted by Gasteiger charge is 2.55. The second-order valence-electron chi connectivity index (χ2n) is 5.25. The summed E-state index contributed by atoms with van der Waals surface area (Å²) < 4.78 is 0.